The maximum Gasteiger partial charge on any atom is 0.191 e. The van der Waals surface area contributed by atoms with Crippen LogP contribution in [0, 0.1) is 5.82 Å². The van der Waals surface area contributed by atoms with Gasteiger partial charge in [-0.15, -0.1) is 24.0 Å². The number of ether oxygens (including phenoxy) is 2. The molecule has 1 saturated heterocycles. The van der Waals surface area contributed by atoms with Crippen molar-refractivity contribution in [3.05, 3.63) is 35.6 Å². The highest BCUT2D eigenvalue weighted by Crippen LogP contribution is 2.24. The number of rotatable bonds is 9. The maximum atomic E-state index is 14.0. The first-order valence-corrected chi connectivity index (χ1v) is 9.42. The van der Waals surface area contributed by atoms with Crippen LogP contribution in [0.3, 0.4) is 0 Å². The molecule has 0 saturated carbocycles. The third kappa shape index (κ3) is 8.31. The van der Waals surface area contributed by atoms with Gasteiger partial charge in [-0.1, -0.05) is 32.0 Å². The summed E-state index contributed by atoms with van der Waals surface area (Å²) in [4.78, 5) is 4.23. The lowest BCUT2D eigenvalue weighted by molar-refractivity contribution is 0.0168. The van der Waals surface area contributed by atoms with E-state index in [0.717, 1.165) is 32.4 Å². The highest BCUT2D eigenvalue weighted by atomic mass is 127. The van der Waals surface area contributed by atoms with Crippen LogP contribution in [0.4, 0.5) is 4.39 Å². The molecule has 1 aliphatic heterocycles. The minimum atomic E-state index is -0.340. The van der Waals surface area contributed by atoms with Gasteiger partial charge in [-0.25, -0.2) is 4.39 Å². The van der Waals surface area contributed by atoms with Crippen LogP contribution in [0.5, 0.6) is 0 Å². The van der Waals surface area contributed by atoms with Crippen molar-refractivity contribution in [3.8, 4) is 0 Å². The Kier molecular flexibility index (Phi) is 11.2. The molecule has 2 N–H and O–H groups in total. The summed E-state index contributed by atoms with van der Waals surface area (Å²) in [5.74, 6) is 0.541. The average molecular weight is 493 g/mol. The quantitative estimate of drug-likeness (QED) is 0.240. The second-order valence-electron chi connectivity index (χ2n) is 7.28. The summed E-state index contributed by atoms with van der Waals surface area (Å²) >= 11 is 0. The van der Waals surface area contributed by atoms with E-state index < -0.39 is 0 Å². The first-order chi connectivity index (χ1) is 12.5. The number of aliphatic imine (C=N–C) groups is 1. The SMILES string of the molecule is CN=C(NCCCOCC1CCCO1)NCC(C)(C)c1ccccc1F.I. The molecule has 5 nitrogen and oxygen atoms in total. The molecule has 1 aromatic carbocycles. The Morgan fingerprint density at radius 2 is 2.11 bits per heavy atom. The highest BCUT2D eigenvalue weighted by Gasteiger charge is 2.24. The third-order valence-corrected chi connectivity index (χ3v) is 4.61. The summed E-state index contributed by atoms with van der Waals surface area (Å²) in [5, 5.41) is 6.55. The Morgan fingerprint density at radius 1 is 1.33 bits per heavy atom. The van der Waals surface area contributed by atoms with E-state index in [4.69, 9.17) is 9.47 Å². The van der Waals surface area contributed by atoms with E-state index in [9.17, 15) is 4.39 Å². The van der Waals surface area contributed by atoms with Crippen molar-refractivity contribution in [1.29, 1.82) is 0 Å². The number of hydrogen-bond donors (Lipinski definition) is 2. The molecule has 0 spiro atoms. The van der Waals surface area contributed by atoms with Gasteiger partial charge in [-0.3, -0.25) is 4.99 Å². The van der Waals surface area contributed by atoms with Gasteiger partial charge in [0.25, 0.3) is 0 Å². The summed E-state index contributed by atoms with van der Waals surface area (Å²) < 4.78 is 25.2. The zero-order valence-electron chi connectivity index (χ0n) is 16.6. The fourth-order valence-electron chi connectivity index (χ4n) is 3.00. The van der Waals surface area contributed by atoms with Crippen molar-refractivity contribution in [2.24, 2.45) is 4.99 Å². The van der Waals surface area contributed by atoms with Crippen LogP contribution in [0.25, 0.3) is 0 Å². The predicted molar refractivity (Wildman–Crippen MR) is 119 cm³/mol. The van der Waals surface area contributed by atoms with Crippen molar-refractivity contribution in [3.63, 3.8) is 0 Å². The van der Waals surface area contributed by atoms with Crippen molar-refractivity contribution < 1.29 is 13.9 Å². The lowest BCUT2D eigenvalue weighted by Crippen LogP contribution is -2.44. The average Bonchev–Trinajstić information content (AvgIpc) is 3.14. The van der Waals surface area contributed by atoms with Crippen molar-refractivity contribution in [2.45, 2.75) is 44.6 Å². The Bertz CT molecular complexity index is 578. The van der Waals surface area contributed by atoms with Gasteiger partial charge in [0.2, 0.25) is 0 Å². The van der Waals surface area contributed by atoms with Crippen LogP contribution in [0.1, 0.15) is 38.7 Å². The number of benzene rings is 1. The molecular weight excluding hydrogens is 460 g/mol. The van der Waals surface area contributed by atoms with Gasteiger partial charge in [-0.2, -0.15) is 0 Å². The molecule has 0 radical (unpaired) electrons. The lowest BCUT2D eigenvalue weighted by atomic mass is 9.84. The fourth-order valence-corrected chi connectivity index (χ4v) is 3.00. The first-order valence-electron chi connectivity index (χ1n) is 9.42. The molecule has 0 bridgehead atoms. The van der Waals surface area contributed by atoms with Gasteiger partial charge >= 0.3 is 0 Å². The normalized spacial score (nSPS) is 17.5. The number of guanidine groups is 1. The van der Waals surface area contributed by atoms with Gasteiger partial charge in [0.1, 0.15) is 5.82 Å². The molecule has 154 valence electrons. The molecule has 27 heavy (non-hydrogen) atoms. The topological polar surface area (TPSA) is 54.9 Å². The molecule has 1 fully saturated rings. The van der Waals surface area contributed by atoms with Crippen molar-refractivity contribution >= 4 is 29.9 Å². The maximum absolute atomic E-state index is 14.0. The van der Waals surface area contributed by atoms with E-state index in [1.54, 1.807) is 13.1 Å². The third-order valence-electron chi connectivity index (χ3n) is 4.61. The monoisotopic (exact) mass is 493 g/mol. The fraction of sp³-hybridized carbons (Fsp3) is 0.650. The number of halogens is 2. The molecule has 1 heterocycles. The smallest absolute Gasteiger partial charge is 0.191 e. The molecule has 0 aromatic heterocycles. The minimum absolute atomic E-state index is 0. The molecule has 2 rings (SSSR count). The van der Waals surface area contributed by atoms with Gasteiger partial charge in [-0.05, 0) is 30.9 Å². The molecule has 0 aliphatic carbocycles. The van der Waals surface area contributed by atoms with E-state index in [-0.39, 0.29) is 41.3 Å². The summed E-state index contributed by atoms with van der Waals surface area (Å²) in [6.07, 6.45) is 3.41. The van der Waals surface area contributed by atoms with Gasteiger partial charge in [0.05, 0.1) is 12.7 Å². The molecule has 0 amide bonds. The predicted octanol–water partition coefficient (Wildman–Crippen LogP) is 3.47. The first kappa shape index (κ1) is 24.1. The van der Waals surface area contributed by atoms with E-state index in [1.165, 1.54) is 6.07 Å². The highest BCUT2D eigenvalue weighted by molar-refractivity contribution is 14.0. The zero-order valence-corrected chi connectivity index (χ0v) is 18.9. The minimum Gasteiger partial charge on any atom is -0.379 e. The van der Waals surface area contributed by atoms with Crippen LogP contribution in [0.2, 0.25) is 0 Å². The lowest BCUT2D eigenvalue weighted by Gasteiger charge is -2.27. The van der Waals surface area contributed by atoms with Crippen molar-refractivity contribution in [2.75, 3.05) is 40.0 Å². The molecule has 7 heteroatoms. The summed E-state index contributed by atoms with van der Waals surface area (Å²) in [5.41, 5.74) is 0.360. The van der Waals surface area contributed by atoms with Crippen molar-refractivity contribution in [1.82, 2.24) is 10.6 Å². The summed E-state index contributed by atoms with van der Waals surface area (Å²) in [7, 11) is 1.74. The Balaban J connectivity index is 0.00000364. The van der Waals surface area contributed by atoms with E-state index in [2.05, 4.69) is 15.6 Å². The second-order valence-corrected chi connectivity index (χ2v) is 7.28. The van der Waals surface area contributed by atoms with E-state index >= 15 is 0 Å². The molecule has 1 atom stereocenters. The summed E-state index contributed by atoms with van der Waals surface area (Å²) in [6.45, 7) is 7.64. The Morgan fingerprint density at radius 3 is 2.78 bits per heavy atom. The zero-order chi connectivity index (χ0) is 18.8. The van der Waals surface area contributed by atoms with E-state index in [0.29, 0.717) is 31.3 Å². The number of nitrogens with one attached hydrogen (secondary N) is 2. The molecule has 1 aliphatic rings. The van der Waals surface area contributed by atoms with Gasteiger partial charge < -0.3 is 20.1 Å². The van der Waals surface area contributed by atoms with Crippen LogP contribution < -0.4 is 10.6 Å². The van der Waals surface area contributed by atoms with E-state index in [1.807, 2.05) is 26.0 Å². The number of nitrogens with zero attached hydrogens (tertiary/aromatic N) is 1. The largest absolute Gasteiger partial charge is 0.379 e. The molecule has 1 aromatic rings. The van der Waals surface area contributed by atoms with Crippen LogP contribution in [-0.4, -0.2) is 52.0 Å². The number of hydrogen-bond acceptors (Lipinski definition) is 3. The van der Waals surface area contributed by atoms with Gasteiger partial charge in [0, 0.05) is 38.8 Å². The Hall–Kier alpha value is -0.930. The van der Waals surface area contributed by atoms with Crippen LogP contribution in [-0.2, 0) is 14.9 Å². The second kappa shape index (κ2) is 12.5. The molecular formula is C20H33FIN3O2. The van der Waals surface area contributed by atoms with Crippen LogP contribution >= 0.6 is 24.0 Å². The van der Waals surface area contributed by atoms with Crippen LogP contribution in [0.15, 0.2) is 29.3 Å². The summed E-state index contributed by atoms with van der Waals surface area (Å²) in [6, 6.07) is 6.91. The standard InChI is InChI=1S/C20H32FN3O2.HI/c1-20(2,17-9-4-5-10-18(17)21)15-24-19(22-3)23-11-7-12-25-14-16-8-6-13-26-16;/h4-5,9-10,16H,6-8,11-15H2,1-3H3,(H2,22,23,24);1H. The Labute approximate surface area is 179 Å². The molecule has 1 unspecified atom stereocenters. The van der Waals surface area contributed by atoms with Gasteiger partial charge in [0.15, 0.2) is 5.96 Å².